The van der Waals surface area contributed by atoms with Gasteiger partial charge in [-0.2, -0.15) is 0 Å². The standard InChI is InChI=1S/C19H19BrN2O3S/c1-25-13-9-10(20)8-12(16(13)23)17-21-18(24)15-11-6-4-2-3-5-7-14(11)26-19(15)22-17/h8-9,23H,2-7H2,1H3,(H,21,22,24). The molecular weight excluding hydrogens is 416 g/mol. The molecule has 4 rings (SSSR count). The van der Waals surface area contributed by atoms with E-state index in [4.69, 9.17) is 4.74 Å². The third kappa shape index (κ3) is 3.03. The first-order valence-electron chi connectivity index (χ1n) is 8.70. The number of aromatic hydroxyl groups is 1. The van der Waals surface area contributed by atoms with Crippen LogP contribution in [0.3, 0.4) is 0 Å². The van der Waals surface area contributed by atoms with Gasteiger partial charge in [0.05, 0.1) is 18.1 Å². The number of ether oxygens (including phenoxy) is 1. The molecule has 0 spiro atoms. The van der Waals surface area contributed by atoms with Gasteiger partial charge in [0.1, 0.15) is 10.7 Å². The molecule has 2 heterocycles. The van der Waals surface area contributed by atoms with Crippen molar-refractivity contribution in [1.29, 1.82) is 0 Å². The fraction of sp³-hybridized carbons (Fsp3) is 0.368. The molecule has 2 aromatic heterocycles. The van der Waals surface area contributed by atoms with Crippen LogP contribution in [0.5, 0.6) is 11.5 Å². The fourth-order valence-electron chi connectivity index (χ4n) is 3.56. The Bertz CT molecular complexity index is 1040. The Morgan fingerprint density at radius 2 is 2.00 bits per heavy atom. The van der Waals surface area contributed by atoms with E-state index in [1.165, 1.54) is 30.4 Å². The van der Waals surface area contributed by atoms with Gasteiger partial charge in [0, 0.05) is 9.35 Å². The van der Waals surface area contributed by atoms with Crippen molar-refractivity contribution in [2.75, 3.05) is 7.11 Å². The summed E-state index contributed by atoms with van der Waals surface area (Å²) < 4.78 is 5.94. The van der Waals surface area contributed by atoms with Gasteiger partial charge in [-0.1, -0.05) is 28.8 Å². The number of fused-ring (bicyclic) bond motifs is 3. The van der Waals surface area contributed by atoms with Crippen molar-refractivity contribution >= 4 is 37.5 Å². The molecule has 26 heavy (non-hydrogen) atoms. The van der Waals surface area contributed by atoms with E-state index >= 15 is 0 Å². The van der Waals surface area contributed by atoms with Crippen LogP contribution >= 0.6 is 27.3 Å². The minimum Gasteiger partial charge on any atom is -0.504 e. The van der Waals surface area contributed by atoms with Crippen molar-refractivity contribution in [1.82, 2.24) is 9.97 Å². The van der Waals surface area contributed by atoms with E-state index in [1.54, 1.807) is 23.5 Å². The van der Waals surface area contributed by atoms with Crippen LogP contribution in [0.15, 0.2) is 21.4 Å². The maximum Gasteiger partial charge on any atom is 0.260 e. The van der Waals surface area contributed by atoms with Gasteiger partial charge >= 0.3 is 0 Å². The van der Waals surface area contributed by atoms with E-state index in [9.17, 15) is 9.90 Å². The molecule has 0 saturated heterocycles. The van der Waals surface area contributed by atoms with Crippen LogP contribution in [0.25, 0.3) is 21.6 Å². The summed E-state index contributed by atoms with van der Waals surface area (Å²) in [6.45, 7) is 0. The summed E-state index contributed by atoms with van der Waals surface area (Å²) in [5.41, 5.74) is 1.47. The zero-order chi connectivity index (χ0) is 18.3. The summed E-state index contributed by atoms with van der Waals surface area (Å²) in [7, 11) is 1.49. The number of H-pyrrole nitrogens is 1. The highest BCUT2D eigenvalue weighted by Gasteiger charge is 2.20. The molecule has 5 nitrogen and oxygen atoms in total. The number of rotatable bonds is 2. The second-order valence-corrected chi connectivity index (χ2v) is 8.52. The second kappa shape index (κ2) is 7.04. The van der Waals surface area contributed by atoms with Gasteiger partial charge in [-0.3, -0.25) is 4.79 Å². The van der Waals surface area contributed by atoms with E-state index in [0.29, 0.717) is 17.1 Å². The van der Waals surface area contributed by atoms with Gasteiger partial charge in [-0.15, -0.1) is 11.3 Å². The Balaban J connectivity index is 1.92. The Morgan fingerprint density at radius 3 is 2.77 bits per heavy atom. The smallest absolute Gasteiger partial charge is 0.260 e. The lowest BCUT2D eigenvalue weighted by atomic mass is 9.98. The van der Waals surface area contributed by atoms with Gasteiger partial charge < -0.3 is 14.8 Å². The normalized spacial score (nSPS) is 14.7. The molecule has 1 aromatic carbocycles. The first-order valence-corrected chi connectivity index (χ1v) is 10.3. The molecule has 2 N–H and O–H groups in total. The quantitative estimate of drug-likeness (QED) is 0.607. The third-order valence-corrected chi connectivity index (χ3v) is 6.48. The molecule has 1 aliphatic rings. The fourth-order valence-corrected chi connectivity index (χ4v) is 5.25. The van der Waals surface area contributed by atoms with Crippen LogP contribution in [0, 0.1) is 0 Å². The third-order valence-electron chi connectivity index (χ3n) is 4.84. The van der Waals surface area contributed by atoms with Gasteiger partial charge in [0.2, 0.25) is 0 Å². The lowest BCUT2D eigenvalue weighted by molar-refractivity contribution is 0.374. The zero-order valence-corrected chi connectivity index (χ0v) is 16.8. The van der Waals surface area contributed by atoms with Crippen molar-refractivity contribution in [2.45, 2.75) is 38.5 Å². The number of phenolic OH excluding ortho intramolecular Hbond substituents is 1. The molecular formula is C19H19BrN2O3S. The zero-order valence-electron chi connectivity index (χ0n) is 14.4. The number of nitrogens with zero attached hydrogens (tertiary/aromatic N) is 1. The molecule has 0 fully saturated rings. The second-order valence-electron chi connectivity index (χ2n) is 6.52. The van der Waals surface area contributed by atoms with Crippen LogP contribution in [0.2, 0.25) is 0 Å². The number of phenols is 1. The average molecular weight is 435 g/mol. The molecule has 1 aliphatic carbocycles. The topological polar surface area (TPSA) is 75.2 Å². The molecule has 7 heteroatoms. The molecule has 0 atom stereocenters. The lowest BCUT2D eigenvalue weighted by Crippen LogP contribution is -2.10. The highest BCUT2D eigenvalue weighted by molar-refractivity contribution is 9.10. The average Bonchev–Trinajstić information content (AvgIpc) is 2.93. The molecule has 136 valence electrons. The first-order chi connectivity index (χ1) is 12.6. The van der Waals surface area contributed by atoms with Crippen molar-refractivity contribution < 1.29 is 9.84 Å². The lowest BCUT2D eigenvalue weighted by Gasteiger charge is -2.10. The highest BCUT2D eigenvalue weighted by atomic mass is 79.9. The SMILES string of the molecule is COc1cc(Br)cc(-c2nc3sc4c(c3c(=O)[nH]2)CCCCCC4)c1O. The van der Waals surface area contributed by atoms with Crippen LogP contribution in [-0.4, -0.2) is 22.2 Å². The summed E-state index contributed by atoms with van der Waals surface area (Å²) in [6.07, 6.45) is 6.69. The number of nitrogens with one attached hydrogen (secondary N) is 1. The van der Waals surface area contributed by atoms with Crippen LogP contribution in [0.1, 0.15) is 36.1 Å². The predicted molar refractivity (Wildman–Crippen MR) is 107 cm³/mol. The minimum atomic E-state index is -0.138. The molecule has 0 amide bonds. The van der Waals surface area contributed by atoms with Gasteiger partial charge in [-0.05, 0) is 43.4 Å². The number of thiophene rings is 1. The van der Waals surface area contributed by atoms with E-state index in [2.05, 4.69) is 25.9 Å². The Labute approximate surface area is 163 Å². The molecule has 0 bridgehead atoms. The van der Waals surface area contributed by atoms with E-state index in [-0.39, 0.29) is 11.3 Å². The van der Waals surface area contributed by atoms with Crippen molar-refractivity contribution in [3.63, 3.8) is 0 Å². The van der Waals surface area contributed by atoms with E-state index in [0.717, 1.165) is 40.4 Å². The van der Waals surface area contributed by atoms with Gasteiger partial charge in [-0.25, -0.2) is 4.98 Å². The minimum absolute atomic E-state index is 0.0341. The number of aromatic nitrogens is 2. The van der Waals surface area contributed by atoms with Gasteiger partial charge in [0.25, 0.3) is 5.56 Å². The largest absolute Gasteiger partial charge is 0.504 e. The monoisotopic (exact) mass is 434 g/mol. The highest BCUT2D eigenvalue weighted by Crippen LogP contribution is 2.39. The Morgan fingerprint density at radius 1 is 1.23 bits per heavy atom. The van der Waals surface area contributed by atoms with Crippen molar-refractivity contribution in [3.8, 4) is 22.9 Å². The van der Waals surface area contributed by atoms with Gasteiger partial charge in [0.15, 0.2) is 11.5 Å². The van der Waals surface area contributed by atoms with Crippen LogP contribution in [0.4, 0.5) is 0 Å². The number of halogens is 1. The van der Waals surface area contributed by atoms with E-state index in [1.807, 2.05) is 0 Å². The summed E-state index contributed by atoms with van der Waals surface area (Å²) in [5, 5.41) is 11.2. The maximum atomic E-state index is 12.8. The first kappa shape index (κ1) is 17.5. The number of methoxy groups -OCH3 is 1. The number of aromatic amines is 1. The molecule has 0 aliphatic heterocycles. The van der Waals surface area contributed by atoms with E-state index < -0.39 is 0 Å². The predicted octanol–water partition coefficient (Wildman–Crippen LogP) is 4.79. The molecule has 0 unspecified atom stereocenters. The summed E-state index contributed by atoms with van der Waals surface area (Å²) in [6, 6.07) is 3.40. The number of benzene rings is 1. The molecule has 3 aromatic rings. The maximum absolute atomic E-state index is 12.8. The van der Waals surface area contributed by atoms with Crippen LogP contribution < -0.4 is 10.3 Å². The Kier molecular flexibility index (Phi) is 4.75. The van der Waals surface area contributed by atoms with Crippen molar-refractivity contribution in [3.05, 3.63) is 37.4 Å². The number of aryl methyl sites for hydroxylation is 2. The number of hydrogen-bond donors (Lipinski definition) is 2. The summed E-state index contributed by atoms with van der Waals surface area (Å²) in [4.78, 5) is 22.4. The molecule has 0 radical (unpaired) electrons. The number of hydrogen-bond acceptors (Lipinski definition) is 5. The Hall–Kier alpha value is -1.86. The van der Waals surface area contributed by atoms with Crippen molar-refractivity contribution in [2.24, 2.45) is 0 Å². The van der Waals surface area contributed by atoms with Crippen LogP contribution in [-0.2, 0) is 12.8 Å². The molecule has 0 saturated carbocycles. The summed E-state index contributed by atoms with van der Waals surface area (Å²) in [5.74, 6) is 0.650. The summed E-state index contributed by atoms with van der Waals surface area (Å²) >= 11 is 5.02.